The fourth-order valence-electron chi connectivity index (χ4n) is 1.21. The Hall–Kier alpha value is -1.84. The van der Waals surface area contributed by atoms with Crippen LogP contribution >= 0.6 is 0 Å². The highest BCUT2D eigenvalue weighted by molar-refractivity contribution is 5.84. The summed E-state index contributed by atoms with van der Waals surface area (Å²) >= 11 is 0. The Kier molecular flexibility index (Phi) is 1.73. The van der Waals surface area contributed by atoms with E-state index in [-0.39, 0.29) is 0 Å². The smallest absolute Gasteiger partial charge is 0.330 e. The molecule has 0 amide bonds. The minimum atomic E-state index is -0.896. The summed E-state index contributed by atoms with van der Waals surface area (Å²) in [6, 6.07) is 3.03. The molecule has 0 saturated heterocycles. The molecule has 1 atom stereocenters. The van der Waals surface area contributed by atoms with E-state index in [0.29, 0.717) is 5.82 Å². The number of fused-ring (bicyclic) bond motifs is 1. The molecular weight excluding hydrogens is 168 g/mol. The largest absolute Gasteiger partial charge is 0.479 e. The third kappa shape index (κ3) is 1.38. The second-order valence-electron chi connectivity index (χ2n) is 2.76. The van der Waals surface area contributed by atoms with Gasteiger partial charge in [0.1, 0.15) is 11.9 Å². The van der Waals surface area contributed by atoms with Gasteiger partial charge in [-0.15, -0.1) is 0 Å². The van der Waals surface area contributed by atoms with Crippen LogP contribution in [0.4, 0.5) is 5.82 Å². The average molecular weight is 176 g/mol. The summed E-state index contributed by atoms with van der Waals surface area (Å²) < 4.78 is 0. The highest BCUT2D eigenvalue weighted by Crippen LogP contribution is 2.19. The van der Waals surface area contributed by atoms with Gasteiger partial charge in [-0.2, -0.15) is 0 Å². The molecule has 0 aromatic carbocycles. The number of aliphatic carboxylic acids is 1. The highest BCUT2D eigenvalue weighted by atomic mass is 16.4. The first-order chi connectivity index (χ1) is 6.27. The molecule has 1 aliphatic heterocycles. The van der Waals surface area contributed by atoms with Crippen molar-refractivity contribution in [3.05, 3.63) is 30.0 Å². The van der Waals surface area contributed by atoms with Crippen molar-refractivity contribution in [2.75, 3.05) is 5.32 Å². The van der Waals surface area contributed by atoms with Gasteiger partial charge >= 0.3 is 5.97 Å². The van der Waals surface area contributed by atoms with Crippen LogP contribution in [0.5, 0.6) is 0 Å². The first-order valence-corrected chi connectivity index (χ1v) is 3.90. The topological polar surface area (TPSA) is 62.2 Å². The van der Waals surface area contributed by atoms with Crippen molar-refractivity contribution in [1.82, 2.24) is 4.98 Å². The van der Waals surface area contributed by atoms with Gasteiger partial charge in [-0.3, -0.25) is 0 Å². The normalized spacial score (nSPS) is 18.9. The Balaban J connectivity index is 2.34. The summed E-state index contributed by atoms with van der Waals surface area (Å²) in [5, 5.41) is 11.5. The number of hydrogen-bond donors (Lipinski definition) is 2. The molecule has 2 rings (SSSR count). The summed E-state index contributed by atoms with van der Waals surface area (Å²) in [4.78, 5) is 14.6. The average Bonchev–Trinajstić information content (AvgIpc) is 2.17. The maximum absolute atomic E-state index is 10.6. The Morgan fingerprint density at radius 3 is 3.23 bits per heavy atom. The predicted molar refractivity (Wildman–Crippen MR) is 48.3 cm³/mol. The number of hydrogen-bond acceptors (Lipinski definition) is 3. The van der Waals surface area contributed by atoms with E-state index in [0.717, 1.165) is 5.56 Å². The van der Waals surface area contributed by atoms with Crippen LogP contribution in [0.2, 0.25) is 0 Å². The number of anilines is 1. The van der Waals surface area contributed by atoms with Crippen molar-refractivity contribution in [3.63, 3.8) is 0 Å². The van der Waals surface area contributed by atoms with E-state index in [1.165, 1.54) is 0 Å². The molecular formula is C9H8N2O2. The zero-order valence-electron chi connectivity index (χ0n) is 6.77. The van der Waals surface area contributed by atoms with E-state index in [9.17, 15) is 4.79 Å². The van der Waals surface area contributed by atoms with E-state index in [1.54, 1.807) is 18.3 Å². The monoisotopic (exact) mass is 176 g/mol. The van der Waals surface area contributed by atoms with Gasteiger partial charge in [0.15, 0.2) is 0 Å². The van der Waals surface area contributed by atoms with Gasteiger partial charge < -0.3 is 10.4 Å². The Morgan fingerprint density at radius 2 is 2.46 bits per heavy atom. The van der Waals surface area contributed by atoms with Crippen molar-refractivity contribution < 1.29 is 9.90 Å². The molecule has 4 heteroatoms. The number of nitrogens with one attached hydrogen (secondary N) is 1. The van der Waals surface area contributed by atoms with Gasteiger partial charge in [0.25, 0.3) is 0 Å². The van der Waals surface area contributed by atoms with Gasteiger partial charge in [0, 0.05) is 11.8 Å². The Labute approximate surface area is 74.9 Å². The zero-order chi connectivity index (χ0) is 9.26. The van der Waals surface area contributed by atoms with Crippen LogP contribution in [0.15, 0.2) is 24.4 Å². The predicted octanol–water partition coefficient (Wildman–Crippen LogP) is 0.973. The second kappa shape index (κ2) is 2.90. The summed E-state index contributed by atoms with van der Waals surface area (Å²) in [6.45, 7) is 0. The molecule has 1 aromatic rings. The van der Waals surface area contributed by atoms with Crippen LogP contribution in [0, 0.1) is 0 Å². The molecule has 0 radical (unpaired) electrons. The Bertz CT molecular complexity index is 374. The molecule has 1 aliphatic rings. The van der Waals surface area contributed by atoms with E-state index < -0.39 is 12.0 Å². The SMILES string of the molecule is O=C(O)C1C=Cc2cccnc2N1. The zero-order valence-corrected chi connectivity index (χ0v) is 6.77. The van der Waals surface area contributed by atoms with Crippen LogP contribution in [0.1, 0.15) is 5.56 Å². The molecule has 0 aliphatic carbocycles. The summed E-state index contributed by atoms with van der Waals surface area (Å²) in [5.41, 5.74) is 0.917. The van der Waals surface area contributed by atoms with Gasteiger partial charge in [0.05, 0.1) is 0 Å². The van der Waals surface area contributed by atoms with Crippen molar-refractivity contribution in [3.8, 4) is 0 Å². The molecule has 1 aromatic heterocycles. The molecule has 2 heterocycles. The summed E-state index contributed by atoms with van der Waals surface area (Å²) in [5.74, 6) is -0.273. The van der Waals surface area contributed by atoms with Crippen molar-refractivity contribution >= 4 is 17.9 Å². The lowest BCUT2D eigenvalue weighted by molar-refractivity contribution is -0.136. The molecule has 0 spiro atoms. The third-order valence-electron chi connectivity index (χ3n) is 1.87. The van der Waals surface area contributed by atoms with E-state index in [4.69, 9.17) is 5.11 Å². The van der Waals surface area contributed by atoms with E-state index in [1.807, 2.05) is 12.1 Å². The fourth-order valence-corrected chi connectivity index (χ4v) is 1.21. The molecule has 0 saturated carbocycles. The maximum atomic E-state index is 10.6. The van der Waals surface area contributed by atoms with Crippen molar-refractivity contribution in [2.45, 2.75) is 6.04 Å². The number of carboxylic acids is 1. The lowest BCUT2D eigenvalue weighted by atomic mass is 10.1. The fraction of sp³-hybridized carbons (Fsp3) is 0.111. The quantitative estimate of drug-likeness (QED) is 0.669. The third-order valence-corrected chi connectivity index (χ3v) is 1.87. The summed E-state index contributed by atoms with van der Waals surface area (Å²) in [6.07, 6.45) is 4.99. The lowest BCUT2D eigenvalue weighted by Gasteiger charge is -2.17. The van der Waals surface area contributed by atoms with Crippen LogP contribution in [0.3, 0.4) is 0 Å². The van der Waals surface area contributed by atoms with E-state index >= 15 is 0 Å². The molecule has 66 valence electrons. The number of carboxylic acid groups (broad SMARTS) is 1. The number of carbonyl (C=O) groups is 1. The van der Waals surface area contributed by atoms with Gasteiger partial charge in [-0.25, -0.2) is 9.78 Å². The molecule has 4 nitrogen and oxygen atoms in total. The van der Waals surface area contributed by atoms with Gasteiger partial charge in [-0.1, -0.05) is 12.2 Å². The van der Waals surface area contributed by atoms with Crippen LogP contribution in [-0.4, -0.2) is 22.1 Å². The standard InChI is InChI=1S/C9H8N2O2/c12-9(13)7-4-3-6-2-1-5-10-8(6)11-7/h1-5,7H,(H,10,11)(H,12,13). The van der Waals surface area contributed by atoms with Gasteiger partial charge in [0.2, 0.25) is 0 Å². The first-order valence-electron chi connectivity index (χ1n) is 3.90. The van der Waals surface area contributed by atoms with Crippen LogP contribution < -0.4 is 5.32 Å². The van der Waals surface area contributed by atoms with E-state index in [2.05, 4.69) is 10.3 Å². The van der Waals surface area contributed by atoms with Crippen LogP contribution in [-0.2, 0) is 4.79 Å². The van der Waals surface area contributed by atoms with Crippen molar-refractivity contribution in [1.29, 1.82) is 0 Å². The molecule has 0 bridgehead atoms. The molecule has 1 unspecified atom stereocenters. The minimum Gasteiger partial charge on any atom is -0.479 e. The molecule has 13 heavy (non-hydrogen) atoms. The number of aromatic nitrogens is 1. The minimum absolute atomic E-state index is 0.623. The Morgan fingerprint density at radius 1 is 1.62 bits per heavy atom. The van der Waals surface area contributed by atoms with Crippen LogP contribution in [0.25, 0.3) is 6.08 Å². The summed E-state index contributed by atoms with van der Waals surface area (Å²) in [7, 11) is 0. The van der Waals surface area contributed by atoms with Gasteiger partial charge in [-0.05, 0) is 12.1 Å². The second-order valence-corrected chi connectivity index (χ2v) is 2.76. The van der Waals surface area contributed by atoms with Crippen molar-refractivity contribution in [2.24, 2.45) is 0 Å². The molecule has 2 N–H and O–H groups in total. The number of pyridine rings is 1. The first kappa shape index (κ1) is 7.79. The molecule has 0 fully saturated rings. The highest BCUT2D eigenvalue weighted by Gasteiger charge is 2.18. The maximum Gasteiger partial charge on any atom is 0.330 e. The lowest BCUT2D eigenvalue weighted by Crippen LogP contribution is -2.29. The number of nitrogens with zero attached hydrogens (tertiary/aromatic N) is 1. The number of rotatable bonds is 1.